The second kappa shape index (κ2) is 11.4. The number of nitrogens with zero attached hydrogens (tertiary/aromatic N) is 8. The number of hydrogen-bond acceptors (Lipinski definition) is 12. The molecule has 250 valence electrons. The Morgan fingerprint density at radius 3 is 2.62 bits per heavy atom. The molecule has 2 bridgehead atoms. The molecule has 4 aromatic rings. The van der Waals surface area contributed by atoms with Crippen molar-refractivity contribution in [1.29, 1.82) is 5.26 Å². The maximum atomic E-state index is 17.5. The van der Waals surface area contributed by atoms with E-state index in [-0.39, 0.29) is 62.7 Å². The molecule has 0 spiro atoms. The van der Waals surface area contributed by atoms with E-state index in [2.05, 4.69) is 30.7 Å². The van der Waals surface area contributed by atoms with E-state index < -0.39 is 17.7 Å². The van der Waals surface area contributed by atoms with Gasteiger partial charge in [0.25, 0.3) is 0 Å². The summed E-state index contributed by atoms with van der Waals surface area (Å²) in [6.07, 6.45) is 4.90. The highest BCUT2D eigenvalue weighted by Gasteiger charge is 2.43. The second-order valence-corrected chi connectivity index (χ2v) is 15.0. The molecule has 0 amide bonds. The molecule has 4 fully saturated rings. The van der Waals surface area contributed by atoms with Crippen molar-refractivity contribution in [3.8, 4) is 17.3 Å². The number of rotatable bonds is 5. The van der Waals surface area contributed by atoms with Crippen LogP contribution in [0.1, 0.15) is 49.3 Å². The number of nitrogen functional groups attached to an aromatic ring is 1. The molecule has 3 aromatic heterocycles. The summed E-state index contributed by atoms with van der Waals surface area (Å²) in [4.78, 5) is 24.2. The summed E-state index contributed by atoms with van der Waals surface area (Å²) in [5.41, 5.74) is 8.21. The van der Waals surface area contributed by atoms with E-state index in [9.17, 15) is 10.4 Å². The first-order valence-corrected chi connectivity index (χ1v) is 17.7. The molecule has 5 aliphatic heterocycles. The van der Waals surface area contributed by atoms with Gasteiger partial charge in [-0.05, 0) is 50.3 Å². The smallest absolute Gasteiger partial charge is 0.228 e. The molecule has 0 aliphatic carbocycles. The fraction of sp³-hybridized carbons (Fsp3) is 0.529. The number of nitrogens with two attached hydrogens (primary N) is 1. The van der Waals surface area contributed by atoms with Gasteiger partial charge in [0, 0.05) is 68.3 Å². The van der Waals surface area contributed by atoms with Crippen molar-refractivity contribution in [3.63, 3.8) is 0 Å². The van der Waals surface area contributed by atoms with Crippen molar-refractivity contribution in [3.05, 3.63) is 34.5 Å². The molecule has 5 aliphatic rings. The fourth-order valence-electron chi connectivity index (χ4n) is 9.00. The van der Waals surface area contributed by atoms with Crippen LogP contribution in [0, 0.1) is 23.0 Å². The fourth-order valence-corrected chi connectivity index (χ4v) is 9.92. The van der Waals surface area contributed by atoms with Crippen molar-refractivity contribution in [2.24, 2.45) is 0 Å². The van der Waals surface area contributed by atoms with Crippen molar-refractivity contribution >= 4 is 49.1 Å². The number of likely N-dealkylation sites (tertiary alicyclic amines) is 1. The van der Waals surface area contributed by atoms with Crippen LogP contribution in [0.5, 0.6) is 0 Å². The van der Waals surface area contributed by atoms with Crippen LogP contribution in [0.15, 0.2) is 6.20 Å². The van der Waals surface area contributed by atoms with Crippen LogP contribution < -0.4 is 15.5 Å². The van der Waals surface area contributed by atoms with Gasteiger partial charge in [-0.25, -0.2) is 13.8 Å². The van der Waals surface area contributed by atoms with Crippen LogP contribution in [0.3, 0.4) is 0 Å². The van der Waals surface area contributed by atoms with E-state index in [1.807, 2.05) is 6.92 Å². The van der Waals surface area contributed by atoms with Gasteiger partial charge in [0.1, 0.15) is 22.4 Å². The molecule has 3 unspecified atom stereocenters. The molecule has 0 radical (unpaired) electrons. The van der Waals surface area contributed by atoms with E-state index in [1.54, 1.807) is 0 Å². The zero-order valence-corrected chi connectivity index (χ0v) is 27.6. The van der Waals surface area contributed by atoms with Gasteiger partial charge in [0.05, 0.1) is 46.9 Å². The third-order valence-corrected chi connectivity index (χ3v) is 12.0. The minimum Gasteiger partial charge on any atom is -0.392 e. The largest absolute Gasteiger partial charge is 0.392 e. The first-order valence-electron chi connectivity index (χ1n) is 16.9. The third kappa shape index (κ3) is 4.59. The van der Waals surface area contributed by atoms with E-state index >= 15 is 8.78 Å². The van der Waals surface area contributed by atoms with Crippen molar-refractivity contribution in [2.75, 3.05) is 61.3 Å². The third-order valence-electron chi connectivity index (χ3n) is 11.0. The Labute approximate surface area is 280 Å². The summed E-state index contributed by atoms with van der Waals surface area (Å²) >= 11 is 0.967. The molecule has 14 heteroatoms. The number of aliphatic hydroxyl groups excluding tert-OH is 1. The Hall–Kier alpha value is -3.74. The average molecular weight is 674 g/mol. The highest BCUT2D eigenvalue weighted by atomic mass is 32.1. The van der Waals surface area contributed by atoms with Gasteiger partial charge in [-0.3, -0.25) is 14.8 Å². The number of aliphatic hydroxyl groups is 1. The van der Waals surface area contributed by atoms with Crippen LogP contribution in [0.2, 0.25) is 0 Å². The monoisotopic (exact) mass is 673 g/mol. The summed E-state index contributed by atoms with van der Waals surface area (Å²) in [5, 5.41) is 21.2. The normalized spacial score (nSPS) is 24.9. The quantitative estimate of drug-likeness (QED) is 0.319. The molecular weight excluding hydrogens is 636 g/mol. The number of hydrogen-bond donors (Lipinski definition) is 2. The first kappa shape index (κ1) is 30.3. The number of anilines is 3. The van der Waals surface area contributed by atoms with Gasteiger partial charge in [-0.15, -0.1) is 11.3 Å². The van der Waals surface area contributed by atoms with E-state index in [1.165, 1.54) is 6.42 Å². The van der Waals surface area contributed by atoms with Crippen LogP contribution >= 0.6 is 11.3 Å². The number of halogens is 2. The van der Waals surface area contributed by atoms with Gasteiger partial charge in [-0.2, -0.15) is 10.2 Å². The lowest BCUT2D eigenvalue weighted by molar-refractivity contribution is 0.111. The maximum Gasteiger partial charge on any atom is 0.228 e. The summed E-state index contributed by atoms with van der Waals surface area (Å²) in [5.74, 6) is 0.0558. The van der Waals surface area contributed by atoms with E-state index in [0.717, 1.165) is 87.4 Å². The summed E-state index contributed by atoms with van der Waals surface area (Å²) in [7, 11) is 0. The molecule has 4 saturated heterocycles. The zero-order valence-electron chi connectivity index (χ0n) is 26.8. The number of ether oxygens (including phenoxy) is 1. The highest BCUT2D eigenvalue weighted by Crippen LogP contribution is 2.48. The SMILES string of the molecule is C[C@@H](O)CN1CC2CCC(C1)N2c1nc(N2CCN3CCCC3C2)nc2c(F)c(-c3ncc(F)c4sc(N)c(C#N)c34)c3c(c12)COC3. The molecule has 8 heterocycles. The molecule has 3 N–H and O–H groups in total. The molecule has 1 aromatic carbocycles. The lowest BCUT2D eigenvalue weighted by atomic mass is 9.93. The average Bonchev–Trinajstić information content (AvgIpc) is 3.86. The number of aromatic nitrogens is 3. The number of thiophene rings is 1. The van der Waals surface area contributed by atoms with Gasteiger partial charge in [0.15, 0.2) is 11.6 Å². The summed E-state index contributed by atoms with van der Waals surface area (Å²) in [6, 6.07) is 2.83. The first-order chi connectivity index (χ1) is 23.3. The lowest BCUT2D eigenvalue weighted by Crippen LogP contribution is -2.55. The molecule has 48 heavy (non-hydrogen) atoms. The summed E-state index contributed by atoms with van der Waals surface area (Å²) in [6.45, 7) is 7.93. The van der Waals surface area contributed by atoms with E-state index in [0.29, 0.717) is 29.5 Å². The zero-order chi connectivity index (χ0) is 32.8. The Morgan fingerprint density at radius 1 is 1.06 bits per heavy atom. The minimum absolute atomic E-state index is 0.0920. The maximum absolute atomic E-state index is 17.5. The number of piperazine rings is 2. The highest BCUT2D eigenvalue weighted by molar-refractivity contribution is 7.23. The topological polar surface area (TPSA) is 131 Å². The van der Waals surface area contributed by atoms with Gasteiger partial charge in [0.2, 0.25) is 5.95 Å². The second-order valence-electron chi connectivity index (χ2n) is 14.0. The number of pyridine rings is 1. The van der Waals surface area contributed by atoms with Crippen LogP contribution in [-0.2, 0) is 18.0 Å². The van der Waals surface area contributed by atoms with Gasteiger partial charge < -0.3 is 25.4 Å². The molecule has 9 rings (SSSR count). The predicted molar refractivity (Wildman–Crippen MR) is 180 cm³/mol. The standard InChI is InChI=1S/C34H37F2N9O2S/c1-17(46)11-42-12-19-4-5-20(13-42)45(19)33-27-23-16-47-15-22(23)25(29-26-21(9-37)32(38)48-31(26)24(35)10-39-29)28(36)30(27)40-34(41-33)44-8-7-43-6-2-3-18(43)14-44/h10,17-20,46H,2-8,11-16,38H2,1H3/t17-,18?,19?,20?/m1/s1. The number of benzene rings is 1. The molecular formula is C34H37F2N9O2S. The van der Waals surface area contributed by atoms with Crippen molar-refractivity contribution in [1.82, 2.24) is 24.8 Å². The lowest BCUT2D eigenvalue weighted by Gasteiger charge is -2.43. The number of nitriles is 1. The Kier molecular flexibility index (Phi) is 7.21. The van der Waals surface area contributed by atoms with Crippen LogP contribution in [0.25, 0.3) is 32.2 Å². The Bertz CT molecular complexity index is 2000. The Balaban J connectivity index is 1.27. The van der Waals surface area contributed by atoms with Crippen LogP contribution in [0.4, 0.5) is 25.5 Å². The van der Waals surface area contributed by atoms with Crippen LogP contribution in [-0.4, -0.2) is 99.9 Å². The van der Waals surface area contributed by atoms with E-state index in [4.69, 9.17) is 20.4 Å². The van der Waals surface area contributed by atoms with Crippen molar-refractivity contribution in [2.45, 2.75) is 70.1 Å². The summed E-state index contributed by atoms with van der Waals surface area (Å²) < 4.78 is 38.8. The van der Waals surface area contributed by atoms with Gasteiger partial charge in [-0.1, -0.05) is 0 Å². The minimum atomic E-state index is -0.607. The predicted octanol–water partition coefficient (Wildman–Crippen LogP) is 3.99. The number of fused-ring (bicyclic) bond motifs is 7. The number of β-amino-alcohol motifs (C(OH)–C–C–N with tert-alkyl or cyclic N) is 1. The molecule has 4 atom stereocenters. The molecule has 0 saturated carbocycles. The molecule has 11 nitrogen and oxygen atoms in total. The van der Waals surface area contributed by atoms with Crippen molar-refractivity contribution < 1.29 is 18.6 Å². The Morgan fingerprint density at radius 2 is 1.85 bits per heavy atom. The van der Waals surface area contributed by atoms with Gasteiger partial charge >= 0.3 is 0 Å².